The zero-order chi connectivity index (χ0) is 17.3. The molecule has 6 heteroatoms. The summed E-state index contributed by atoms with van der Waals surface area (Å²) in [6, 6.07) is 11.2. The van der Waals surface area contributed by atoms with Crippen molar-refractivity contribution in [1.82, 2.24) is 14.5 Å². The summed E-state index contributed by atoms with van der Waals surface area (Å²) in [6.07, 6.45) is 1.48. The molecule has 0 aliphatic carbocycles. The summed E-state index contributed by atoms with van der Waals surface area (Å²) in [5, 5.41) is 9.93. The van der Waals surface area contributed by atoms with Crippen molar-refractivity contribution in [2.24, 2.45) is 0 Å². The quantitative estimate of drug-likeness (QED) is 0.769. The molecule has 2 heterocycles. The molecule has 6 nitrogen and oxygen atoms in total. The molecule has 0 fully saturated rings. The summed E-state index contributed by atoms with van der Waals surface area (Å²) in [5.41, 5.74) is 1.64. The number of pyridine rings is 1. The Labute approximate surface area is 139 Å². The second-order valence-electron chi connectivity index (χ2n) is 5.90. The molecule has 124 valence electrons. The second-order valence-corrected chi connectivity index (χ2v) is 5.90. The Hall–Kier alpha value is -3.02. The van der Waals surface area contributed by atoms with Crippen molar-refractivity contribution in [2.75, 3.05) is 0 Å². The van der Waals surface area contributed by atoms with Gasteiger partial charge in [-0.15, -0.1) is 0 Å². The topological polar surface area (TPSA) is 80.1 Å². The molecule has 0 aliphatic heterocycles. The van der Waals surface area contributed by atoms with Crippen LogP contribution in [0.1, 0.15) is 31.0 Å². The molecule has 0 aliphatic rings. The Morgan fingerprint density at radius 2 is 2.04 bits per heavy atom. The van der Waals surface area contributed by atoms with Crippen LogP contribution in [0.15, 0.2) is 47.4 Å². The van der Waals surface area contributed by atoms with E-state index in [0.717, 1.165) is 4.57 Å². The fourth-order valence-electron chi connectivity index (χ4n) is 2.40. The average Bonchev–Trinajstić information content (AvgIpc) is 2.81. The predicted molar refractivity (Wildman–Crippen MR) is 91.2 cm³/mol. The summed E-state index contributed by atoms with van der Waals surface area (Å²) in [7, 11) is 0. The van der Waals surface area contributed by atoms with Crippen LogP contribution in [0.25, 0.3) is 5.69 Å². The standard InChI is InChI=1S/C18H19N3O3/c1-11(2)13-5-4-6-15(9-13)24-16-8-7-14(10-19-16)21-17(22)12(3)20-18(21)23/h4-11,22H,1-3H3,(H,20,23). The van der Waals surface area contributed by atoms with Crippen LogP contribution in [-0.4, -0.2) is 19.6 Å². The molecule has 0 amide bonds. The predicted octanol–water partition coefficient (Wildman–Crippen LogP) is 3.49. The second kappa shape index (κ2) is 6.23. The molecule has 0 spiro atoms. The lowest BCUT2D eigenvalue weighted by atomic mass is 10.0. The maximum absolute atomic E-state index is 11.8. The Kier molecular flexibility index (Phi) is 4.12. The number of aryl methyl sites for hydroxylation is 1. The first kappa shape index (κ1) is 15.9. The number of nitrogens with zero attached hydrogens (tertiary/aromatic N) is 2. The van der Waals surface area contributed by atoms with Crippen molar-refractivity contribution in [3.8, 4) is 23.2 Å². The number of aromatic amines is 1. The molecule has 0 bridgehead atoms. The lowest BCUT2D eigenvalue weighted by molar-refractivity contribution is 0.436. The molecule has 3 aromatic rings. The lowest BCUT2D eigenvalue weighted by Crippen LogP contribution is -2.14. The van der Waals surface area contributed by atoms with Crippen molar-refractivity contribution in [3.63, 3.8) is 0 Å². The highest BCUT2D eigenvalue weighted by Crippen LogP contribution is 2.25. The van der Waals surface area contributed by atoms with E-state index in [0.29, 0.717) is 28.9 Å². The minimum atomic E-state index is -0.412. The van der Waals surface area contributed by atoms with Crippen LogP contribution in [0.5, 0.6) is 17.5 Å². The van der Waals surface area contributed by atoms with Crippen molar-refractivity contribution in [2.45, 2.75) is 26.7 Å². The van der Waals surface area contributed by atoms with Gasteiger partial charge in [0.25, 0.3) is 0 Å². The van der Waals surface area contributed by atoms with Crippen LogP contribution in [0.4, 0.5) is 0 Å². The third kappa shape index (κ3) is 3.03. The zero-order valence-electron chi connectivity index (χ0n) is 13.8. The van der Waals surface area contributed by atoms with Gasteiger partial charge in [0.2, 0.25) is 11.8 Å². The number of aromatic nitrogens is 3. The minimum Gasteiger partial charge on any atom is -0.493 e. The first-order valence-corrected chi connectivity index (χ1v) is 7.70. The number of nitrogens with one attached hydrogen (secondary N) is 1. The van der Waals surface area contributed by atoms with E-state index in [1.165, 1.54) is 11.8 Å². The number of H-pyrrole nitrogens is 1. The first-order chi connectivity index (χ1) is 11.5. The summed E-state index contributed by atoms with van der Waals surface area (Å²) < 4.78 is 6.92. The van der Waals surface area contributed by atoms with Gasteiger partial charge >= 0.3 is 5.69 Å². The third-order valence-corrected chi connectivity index (χ3v) is 3.77. The third-order valence-electron chi connectivity index (χ3n) is 3.77. The van der Waals surface area contributed by atoms with Gasteiger partial charge in [-0.05, 0) is 36.6 Å². The van der Waals surface area contributed by atoms with Crippen LogP contribution < -0.4 is 10.4 Å². The number of hydrogen-bond donors (Lipinski definition) is 2. The van der Waals surface area contributed by atoms with Crippen LogP contribution >= 0.6 is 0 Å². The largest absolute Gasteiger partial charge is 0.493 e. The van der Waals surface area contributed by atoms with Gasteiger partial charge in [0.1, 0.15) is 5.75 Å². The lowest BCUT2D eigenvalue weighted by Gasteiger charge is -2.09. The van der Waals surface area contributed by atoms with E-state index in [2.05, 4.69) is 29.9 Å². The number of aromatic hydroxyl groups is 1. The number of imidazole rings is 1. The van der Waals surface area contributed by atoms with Crippen molar-refractivity contribution < 1.29 is 9.84 Å². The monoisotopic (exact) mass is 325 g/mol. The molecule has 0 saturated heterocycles. The van der Waals surface area contributed by atoms with E-state index in [1.54, 1.807) is 19.1 Å². The molecular weight excluding hydrogens is 306 g/mol. The van der Waals surface area contributed by atoms with Gasteiger partial charge in [-0.2, -0.15) is 0 Å². The van der Waals surface area contributed by atoms with Crippen LogP contribution in [0, 0.1) is 6.92 Å². The minimum absolute atomic E-state index is 0.125. The van der Waals surface area contributed by atoms with Gasteiger partial charge < -0.3 is 14.8 Å². The van der Waals surface area contributed by atoms with Gasteiger partial charge in [-0.25, -0.2) is 14.3 Å². The average molecular weight is 325 g/mol. The number of benzene rings is 1. The van der Waals surface area contributed by atoms with Crippen LogP contribution in [-0.2, 0) is 0 Å². The van der Waals surface area contributed by atoms with Crippen molar-refractivity contribution in [1.29, 1.82) is 0 Å². The molecule has 0 atom stereocenters. The van der Waals surface area contributed by atoms with E-state index in [1.807, 2.05) is 18.2 Å². The van der Waals surface area contributed by atoms with Gasteiger partial charge in [0.05, 0.1) is 17.6 Å². The number of rotatable bonds is 4. The van der Waals surface area contributed by atoms with Crippen LogP contribution in [0.3, 0.4) is 0 Å². The molecule has 0 unspecified atom stereocenters. The molecular formula is C18H19N3O3. The van der Waals surface area contributed by atoms with Gasteiger partial charge in [0.15, 0.2) is 0 Å². The van der Waals surface area contributed by atoms with Gasteiger partial charge in [-0.1, -0.05) is 26.0 Å². The summed E-state index contributed by atoms with van der Waals surface area (Å²) in [6.45, 7) is 5.87. The fraction of sp³-hybridized carbons (Fsp3) is 0.222. The summed E-state index contributed by atoms with van der Waals surface area (Å²) in [4.78, 5) is 18.6. The highest BCUT2D eigenvalue weighted by molar-refractivity contribution is 5.38. The normalized spacial score (nSPS) is 11.0. The summed E-state index contributed by atoms with van der Waals surface area (Å²) in [5.74, 6) is 1.41. The Bertz CT molecular complexity index is 908. The highest BCUT2D eigenvalue weighted by atomic mass is 16.5. The summed E-state index contributed by atoms with van der Waals surface area (Å²) >= 11 is 0. The van der Waals surface area contributed by atoms with E-state index in [-0.39, 0.29) is 5.88 Å². The highest BCUT2D eigenvalue weighted by Gasteiger charge is 2.12. The van der Waals surface area contributed by atoms with Gasteiger partial charge in [-0.3, -0.25) is 0 Å². The Morgan fingerprint density at radius 1 is 1.25 bits per heavy atom. The molecule has 2 aromatic heterocycles. The van der Waals surface area contributed by atoms with Crippen LogP contribution in [0.2, 0.25) is 0 Å². The van der Waals surface area contributed by atoms with Crippen molar-refractivity contribution >= 4 is 0 Å². The van der Waals surface area contributed by atoms with E-state index < -0.39 is 5.69 Å². The molecule has 3 rings (SSSR count). The van der Waals surface area contributed by atoms with Crippen molar-refractivity contribution in [3.05, 3.63) is 64.3 Å². The number of ether oxygens (including phenoxy) is 1. The SMILES string of the molecule is Cc1[nH]c(=O)n(-c2ccc(Oc3cccc(C(C)C)c3)nc2)c1O. The maximum atomic E-state index is 11.8. The molecule has 0 radical (unpaired) electrons. The van der Waals surface area contributed by atoms with E-state index in [9.17, 15) is 9.90 Å². The first-order valence-electron chi connectivity index (χ1n) is 7.70. The fourth-order valence-corrected chi connectivity index (χ4v) is 2.40. The molecule has 24 heavy (non-hydrogen) atoms. The molecule has 2 N–H and O–H groups in total. The van der Waals surface area contributed by atoms with E-state index in [4.69, 9.17) is 4.74 Å². The zero-order valence-corrected chi connectivity index (χ0v) is 13.8. The number of hydrogen-bond acceptors (Lipinski definition) is 4. The molecule has 0 saturated carbocycles. The van der Waals surface area contributed by atoms with Gasteiger partial charge in [0, 0.05) is 6.07 Å². The Morgan fingerprint density at radius 3 is 2.62 bits per heavy atom. The van der Waals surface area contributed by atoms with E-state index >= 15 is 0 Å². The Balaban J connectivity index is 1.85. The molecule has 1 aromatic carbocycles. The smallest absolute Gasteiger partial charge is 0.333 e. The maximum Gasteiger partial charge on any atom is 0.333 e.